The van der Waals surface area contributed by atoms with E-state index in [1.165, 1.54) is 22.3 Å². The fourth-order valence-corrected chi connectivity index (χ4v) is 3.33. The van der Waals surface area contributed by atoms with Gasteiger partial charge in [0.1, 0.15) is 7.05 Å². The van der Waals surface area contributed by atoms with Crippen LogP contribution in [0.1, 0.15) is 30.2 Å². The third-order valence-electron chi connectivity index (χ3n) is 4.34. The summed E-state index contributed by atoms with van der Waals surface area (Å²) in [5.41, 5.74) is 5.31. The molecule has 2 nitrogen and oxygen atoms in total. The van der Waals surface area contributed by atoms with Crippen molar-refractivity contribution in [1.82, 2.24) is 0 Å². The van der Waals surface area contributed by atoms with E-state index in [1.54, 1.807) is 0 Å². The molecular weight excluding hydrogens is 234 g/mol. The van der Waals surface area contributed by atoms with E-state index in [0.29, 0.717) is 6.04 Å². The van der Waals surface area contributed by atoms with Gasteiger partial charge in [0.2, 0.25) is 6.04 Å². The van der Waals surface area contributed by atoms with Crippen molar-refractivity contribution in [2.45, 2.75) is 19.1 Å². The second-order valence-corrected chi connectivity index (χ2v) is 5.29. The Morgan fingerprint density at radius 1 is 0.895 bits per heavy atom. The van der Waals surface area contributed by atoms with Gasteiger partial charge in [-0.2, -0.15) is 4.58 Å². The minimum absolute atomic E-state index is 0.121. The molecule has 2 aromatic carbocycles. The summed E-state index contributed by atoms with van der Waals surface area (Å²) >= 11 is 0. The first-order valence-corrected chi connectivity index (χ1v) is 6.68. The van der Waals surface area contributed by atoms with Crippen LogP contribution in [-0.4, -0.2) is 17.5 Å². The van der Waals surface area contributed by atoms with Crippen LogP contribution in [0.25, 0.3) is 11.1 Å². The SMILES string of the molecule is CC1=[N+](C)[C@@H]2c3ccccc3-c3ccccc3[C@@H]2O1. The molecule has 2 aromatic rings. The molecule has 94 valence electrons. The summed E-state index contributed by atoms with van der Waals surface area (Å²) in [5, 5.41) is 0. The Morgan fingerprint density at radius 2 is 1.47 bits per heavy atom. The number of likely N-dealkylation sites (N-methyl/N-ethyl adjacent to an activating group) is 1. The van der Waals surface area contributed by atoms with E-state index in [2.05, 4.69) is 60.2 Å². The van der Waals surface area contributed by atoms with Crippen molar-refractivity contribution in [2.24, 2.45) is 0 Å². The Balaban J connectivity index is 2.04. The molecule has 0 aromatic heterocycles. The van der Waals surface area contributed by atoms with Gasteiger partial charge in [-0.1, -0.05) is 48.5 Å². The van der Waals surface area contributed by atoms with Gasteiger partial charge in [0, 0.05) is 11.1 Å². The minimum Gasteiger partial charge on any atom is -0.432 e. The Kier molecular flexibility index (Phi) is 2.10. The van der Waals surface area contributed by atoms with Crippen molar-refractivity contribution in [2.75, 3.05) is 7.05 Å². The summed E-state index contributed by atoms with van der Waals surface area (Å²) in [6, 6.07) is 17.6. The summed E-state index contributed by atoms with van der Waals surface area (Å²) < 4.78 is 8.35. The molecule has 1 aliphatic carbocycles. The highest BCUT2D eigenvalue weighted by atomic mass is 16.5. The van der Waals surface area contributed by atoms with E-state index >= 15 is 0 Å². The maximum atomic E-state index is 6.10. The summed E-state index contributed by atoms with van der Waals surface area (Å²) in [7, 11) is 2.12. The molecule has 0 saturated heterocycles. The lowest BCUT2D eigenvalue weighted by atomic mass is 9.81. The summed E-state index contributed by atoms with van der Waals surface area (Å²) in [4.78, 5) is 0. The highest BCUT2D eigenvalue weighted by Crippen LogP contribution is 2.49. The van der Waals surface area contributed by atoms with Crippen molar-refractivity contribution in [3.05, 3.63) is 59.7 Å². The number of ether oxygens (including phenoxy) is 1. The number of fused-ring (bicyclic) bond motifs is 6. The number of hydrogen-bond donors (Lipinski definition) is 0. The van der Waals surface area contributed by atoms with Crippen LogP contribution < -0.4 is 0 Å². The fourth-order valence-electron chi connectivity index (χ4n) is 3.33. The van der Waals surface area contributed by atoms with Gasteiger partial charge in [-0.25, -0.2) is 0 Å². The van der Waals surface area contributed by atoms with Gasteiger partial charge in [-0.15, -0.1) is 0 Å². The van der Waals surface area contributed by atoms with Gasteiger partial charge >= 0.3 is 5.90 Å². The molecular formula is C17H16NO+. The number of benzene rings is 2. The van der Waals surface area contributed by atoms with Crippen LogP contribution in [0.3, 0.4) is 0 Å². The van der Waals surface area contributed by atoms with Crippen LogP contribution >= 0.6 is 0 Å². The van der Waals surface area contributed by atoms with Gasteiger partial charge < -0.3 is 4.74 Å². The monoisotopic (exact) mass is 250 g/mol. The Bertz CT molecular complexity index is 702. The molecule has 0 unspecified atom stereocenters. The number of hydrogen-bond acceptors (Lipinski definition) is 1. The lowest BCUT2D eigenvalue weighted by Crippen LogP contribution is -2.21. The molecule has 0 amide bonds. The molecule has 0 bridgehead atoms. The maximum absolute atomic E-state index is 6.10. The molecule has 0 N–H and O–H groups in total. The molecule has 0 saturated carbocycles. The first-order chi connectivity index (χ1) is 9.27. The molecule has 2 atom stereocenters. The van der Waals surface area contributed by atoms with Crippen molar-refractivity contribution in [1.29, 1.82) is 0 Å². The topological polar surface area (TPSA) is 12.2 Å². The predicted molar refractivity (Wildman–Crippen MR) is 75.3 cm³/mol. The van der Waals surface area contributed by atoms with Gasteiger partial charge in [-0.05, 0) is 11.1 Å². The Morgan fingerprint density at radius 3 is 2.21 bits per heavy atom. The van der Waals surface area contributed by atoms with Crippen LogP contribution in [0, 0.1) is 0 Å². The third-order valence-corrected chi connectivity index (χ3v) is 4.34. The summed E-state index contributed by atoms with van der Waals surface area (Å²) in [5.74, 6) is 1.00. The first kappa shape index (κ1) is 10.8. The number of rotatable bonds is 0. The zero-order valence-electron chi connectivity index (χ0n) is 11.1. The smallest absolute Gasteiger partial charge is 0.334 e. The molecule has 1 heterocycles. The van der Waals surface area contributed by atoms with Gasteiger partial charge in [0.25, 0.3) is 0 Å². The van der Waals surface area contributed by atoms with E-state index in [-0.39, 0.29) is 6.10 Å². The molecule has 2 heteroatoms. The van der Waals surface area contributed by atoms with Crippen molar-refractivity contribution in [3.63, 3.8) is 0 Å². The zero-order chi connectivity index (χ0) is 13.0. The lowest BCUT2D eigenvalue weighted by molar-refractivity contribution is -0.539. The molecule has 0 fully saturated rings. The molecule has 1 aliphatic heterocycles. The standard InChI is InChI=1S/C17H16NO/c1-11-18(2)16-14-9-5-3-7-12(14)13-8-4-6-10-15(13)17(16)19-11/h3-10,16-17H,1-2H3/q+1/t16-,17+/m1/s1. The van der Waals surface area contributed by atoms with Crippen molar-refractivity contribution in [3.8, 4) is 11.1 Å². The highest BCUT2D eigenvalue weighted by molar-refractivity contribution is 5.77. The van der Waals surface area contributed by atoms with Gasteiger partial charge in [-0.3, -0.25) is 0 Å². The van der Waals surface area contributed by atoms with Crippen molar-refractivity contribution >= 4 is 5.90 Å². The average molecular weight is 250 g/mol. The Hall–Kier alpha value is -2.09. The van der Waals surface area contributed by atoms with Crippen LogP contribution in [0.15, 0.2) is 48.5 Å². The van der Waals surface area contributed by atoms with Crippen LogP contribution in [0.5, 0.6) is 0 Å². The van der Waals surface area contributed by atoms with E-state index in [9.17, 15) is 0 Å². The summed E-state index contributed by atoms with van der Waals surface area (Å²) in [6.45, 7) is 2.05. The molecule has 0 spiro atoms. The second-order valence-electron chi connectivity index (χ2n) is 5.29. The van der Waals surface area contributed by atoms with E-state index in [0.717, 1.165) is 5.90 Å². The largest absolute Gasteiger partial charge is 0.432 e. The van der Waals surface area contributed by atoms with E-state index in [1.807, 2.05) is 6.92 Å². The van der Waals surface area contributed by atoms with Crippen LogP contribution in [-0.2, 0) is 4.74 Å². The van der Waals surface area contributed by atoms with E-state index < -0.39 is 0 Å². The van der Waals surface area contributed by atoms with Gasteiger partial charge in [0.05, 0.1) is 6.92 Å². The minimum atomic E-state index is 0.121. The second kappa shape index (κ2) is 3.70. The average Bonchev–Trinajstić information content (AvgIpc) is 2.76. The fraction of sp³-hybridized carbons (Fsp3) is 0.235. The highest BCUT2D eigenvalue weighted by Gasteiger charge is 2.46. The number of nitrogens with zero attached hydrogens (tertiary/aromatic N) is 1. The lowest BCUT2D eigenvalue weighted by Gasteiger charge is -2.26. The summed E-state index contributed by atoms with van der Waals surface area (Å²) in [6.07, 6.45) is 0.121. The predicted octanol–water partition coefficient (Wildman–Crippen LogP) is 3.54. The molecule has 4 rings (SSSR count). The quantitative estimate of drug-likeness (QED) is 0.651. The normalized spacial score (nSPS) is 23.5. The molecule has 19 heavy (non-hydrogen) atoms. The van der Waals surface area contributed by atoms with Crippen LogP contribution in [0.4, 0.5) is 0 Å². The third kappa shape index (κ3) is 1.34. The maximum Gasteiger partial charge on any atom is 0.334 e. The molecule has 0 radical (unpaired) electrons. The Labute approximate surface area is 113 Å². The zero-order valence-corrected chi connectivity index (χ0v) is 11.1. The molecule has 2 aliphatic rings. The van der Waals surface area contributed by atoms with Crippen LogP contribution in [0.2, 0.25) is 0 Å². The van der Waals surface area contributed by atoms with Gasteiger partial charge in [0.15, 0.2) is 6.10 Å². The van der Waals surface area contributed by atoms with E-state index in [4.69, 9.17) is 4.74 Å². The van der Waals surface area contributed by atoms with Crippen molar-refractivity contribution < 1.29 is 9.31 Å². The first-order valence-electron chi connectivity index (χ1n) is 6.68.